The number of halogens is 5. The zero-order valence-corrected chi connectivity index (χ0v) is 19.3. The van der Waals surface area contributed by atoms with Crippen LogP contribution in [0.15, 0.2) is 30.5 Å². The number of hydrogen-bond acceptors (Lipinski definition) is 4. The predicted octanol–water partition coefficient (Wildman–Crippen LogP) is 6.45. The number of fused-ring (bicyclic) bond motifs is 1. The number of pyridine rings is 1. The molecule has 1 atom stereocenters. The summed E-state index contributed by atoms with van der Waals surface area (Å²) in [4.78, 5) is 23.3. The van der Waals surface area contributed by atoms with Crippen LogP contribution in [0.3, 0.4) is 0 Å². The van der Waals surface area contributed by atoms with E-state index in [1.54, 1.807) is 34.6 Å². The lowest BCUT2D eigenvalue weighted by molar-refractivity contribution is -0.269. The molecule has 0 aliphatic rings. The largest absolute Gasteiger partial charge is 0.421 e. The minimum Gasteiger partial charge on any atom is -0.355 e. The normalized spacial score (nSPS) is 13.9. The second kappa shape index (κ2) is 8.57. The topological polar surface area (TPSA) is 79.9 Å². The zero-order chi connectivity index (χ0) is 24.8. The molecule has 0 saturated heterocycles. The van der Waals surface area contributed by atoms with E-state index in [0.29, 0.717) is 0 Å². The molecular weight excluding hydrogens is 464 g/mol. The van der Waals surface area contributed by atoms with Crippen molar-refractivity contribution in [1.29, 1.82) is 0 Å². The third-order valence-corrected chi connectivity index (χ3v) is 5.89. The monoisotopic (exact) mass is 486 g/mol. The molecule has 3 rings (SSSR count). The maximum atomic E-state index is 13.9. The second-order valence-electron chi connectivity index (χ2n) is 9.06. The summed E-state index contributed by atoms with van der Waals surface area (Å²) < 4.78 is 60.7. The van der Waals surface area contributed by atoms with Gasteiger partial charge in [0.2, 0.25) is 6.10 Å². The molecule has 6 nitrogen and oxygen atoms in total. The number of benzene rings is 1. The van der Waals surface area contributed by atoms with Crippen LogP contribution in [0.4, 0.5) is 23.2 Å². The minimum absolute atomic E-state index is 0.00428. The number of nitrogens with one attached hydrogen (secondary N) is 2. The van der Waals surface area contributed by atoms with Gasteiger partial charge in [0.1, 0.15) is 11.6 Å². The van der Waals surface area contributed by atoms with Crippen molar-refractivity contribution in [3.05, 3.63) is 52.7 Å². The first-order valence-electron chi connectivity index (χ1n) is 9.96. The van der Waals surface area contributed by atoms with Gasteiger partial charge in [-0.25, -0.2) is 14.4 Å². The molecular formula is C22H23ClF4N4O2. The summed E-state index contributed by atoms with van der Waals surface area (Å²) in [5, 5.41) is 2.33. The maximum Gasteiger partial charge on any atom is 0.421 e. The molecule has 3 aromatic rings. The van der Waals surface area contributed by atoms with E-state index in [4.69, 9.17) is 16.3 Å². The van der Waals surface area contributed by atoms with Gasteiger partial charge in [-0.05, 0) is 43.5 Å². The molecule has 1 aromatic carbocycles. The van der Waals surface area contributed by atoms with Crippen LogP contribution in [-0.2, 0) is 4.74 Å². The number of hydrogen-bond donors (Lipinski definition) is 2. The molecule has 0 spiro atoms. The Labute approximate surface area is 192 Å². The Bertz CT molecular complexity index is 1190. The van der Waals surface area contributed by atoms with Crippen LogP contribution in [0.5, 0.6) is 0 Å². The third-order valence-electron chi connectivity index (χ3n) is 5.60. The fourth-order valence-electron chi connectivity index (χ4n) is 2.76. The van der Waals surface area contributed by atoms with Crippen LogP contribution in [-0.4, -0.2) is 32.6 Å². The number of amides is 1. The van der Waals surface area contributed by atoms with Crippen LogP contribution >= 0.6 is 11.6 Å². The van der Waals surface area contributed by atoms with Crippen LogP contribution in [0, 0.1) is 11.2 Å². The van der Waals surface area contributed by atoms with Gasteiger partial charge in [-0.15, -0.1) is 0 Å². The SMILES string of the molecule is CC(C)(C)C(C)(C)OC(c1nc2nccc(C(=O)Nc3ccc(F)c(Cl)c3)c2[nH]1)C(F)(F)F. The number of anilines is 1. The predicted molar refractivity (Wildman–Crippen MR) is 117 cm³/mol. The number of aromatic amines is 1. The number of rotatable bonds is 5. The van der Waals surface area contributed by atoms with Gasteiger partial charge < -0.3 is 15.0 Å². The molecule has 178 valence electrons. The quantitative estimate of drug-likeness (QED) is 0.406. The Kier molecular flexibility index (Phi) is 6.47. The van der Waals surface area contributed by atoms with E-state index < -0.39 is 40.8 Å². The highest BCUT2D eigenvalue weighted by Crippen LogP contribution is 2.43. The highest BCUT2D eigenvalue weighted by molar-refractivity contribution is 6.31. The van der Waals surface area contributed by atoms with Crippen molar-refractivity contribution in [3.8, 4) is 0 Å². The van der Waals surface area contributed by atoms with Gasteiger partial charge in [-0.1, -0.05) is 32.4 Å². The molecule has 2 aromatic heterocycles. The van der Waals surface area contributed by atoms with Crippen LogP contribution < -0.4 is 5.32 Å². The summed E-state index contributed by atoms with van der Waals surface area (Å²) in [6.45, 7) is 8.44. The average Bonchev–Trinajstić information content (AvgIpc) is 3.11. The van der Waals surface area contributed by atoms with Crippen LogP contribution in [0.1, 0.15) is 56.9 Å². The summed E-state index contributed by atoms with van der Waals surface area (Å²) in [5.74, 6) is -1.84. The number of nitrogens with zero attached hydrogens (tertiary/aromatic N) is 2. The van der Waals surface area contributed by atoms with Gasteiger partial charge in [0, 0.05) is 11.9 Å². The first kappa shape index (κ1) is 24.9. The Morgan fingerprint density at radius 2 is 1.82 bits per heavy atom. The number of imidazole rings is 1. The van der Waals surface area contributed by atoms with Crippen molar-refractivity contribution in [3.63, 3.8) is 0 Å². The number of ether oxygens (including phenoxy) is 1. The molecule has 33 heavy (non-hydrogen) atoms. The highest BCUT2D eigenvalue weighted by Gasteiger charge is 2.49. The van der Waals surface area contributed by atoms with Crippen molar-refractivity contribution in [2.75, 3.05) is 5.32 Å². The summed E-state index contributed by atoms with van der Waals surface area (Å²) in [5.41, 5.74) is -1.65. The van der Waals surface area contributed by atoms with E-state index in [-0.39, 0.29) is 27.4 Å². The molecule has 0 fully saturated rings. The standard InChI is InChI=1S/C22H23ClF4N4O2/c1-20(2,3)21(4,5)33-16(22(25,26)27)18-30-15-12(8-9-28-17(15)31-18)19(32)29-11-6-7-14(24)13(23)10-11/h6-10,16H,1-5H3,(H,29,32)(H,28,30,31). The smallest absolute Gasteiger partial charge is 0.355 e. The van der Waals surface area contributed by atoms with Crippen LogP contribution in [0.2, 0.25) is 5.02 Å². The van der Waals surface area contributed by atoms with E-state index in [1.807, 2.05) is 0 Å². The maximum absolute atomic E-state index is 13.9. The van der Waals surface area contributed by atoms with E-state index in [2.05, 4.69) is 20.3 Å². The number of carbonyl (C=O) groups is 1. The Morgan fingerprint density at radius 1 is 1.15 bits per heavy atom. The van der Waals surface area contributed by atoms with Crippen LogP contribution in [0.25, 0.3) is 11.2 Å². The zero-order valence-electron chi connectivity index (χ0n) is 18.6. The van der Waals surface area contributed by atoms with Crippen molar-refractivity contribution >= 4 is 34.4 Å². The highest BCUT2D eigenvalue weighted by atomic mass is 35.5. The average molecular weight is 487 g/mol. The molecule has 0 saturated carbocycles. The first-order chi connectivity index (χ1) is 15.1. The number of alkyl halides is 3. The molecule has 0 bridgehead atoms. The first-order valence-corrected chi connectivity index (χ1v) is 10.3. The molecule has 0 radical (unpaired) electrons. The summed E-state index contributed by atoms with van der Waals surface area (Å²) >= 11 is 5.73. The van der Waals surface area contributed by atoms with Gasteiger partial charge in [0.15, 0.2) is 5.65 Å². The van der Waals surface area contributed by atoms with Gasteiger partial charge in [0.25, 0.3) is 5.91 Å². The van der Waals surface area contributed by atoms with E-state index >= 15 is 0 Å². The Morgan fingerprint density at radius 3 is 2.39 bits per heavy atom. The molecule has 0 aliphatic carbocycles. The van der Waals surface area contributed by atoms with Crippen molar-refractivity contribution in [2.45, 2.75) is 52.5 Å². The molecule has 11 heteroatoms. The summed E-state index contributed by atoms with van der Waals surface area (Å²) in [7, 11) is 0. The number of carbonyl (C=O) groups excluding carboxylic acids is 1. The van der Waals surface area contributed by atoms with E-state index in [9.17, 15) is 22.4 Å². The Balaban J connectivity index is 1.99. The molecule has 2 N–H and O–H groups in total. The van der Waals surface area contributed by atoms with Gasteiger partial charge in [-0.3, -0.25) is 4.79 Å². The van der Waals surface area contributed by atoms with E-state index in [1.165, 1.54) is 24.4 Å². The summed E-state index contributed by atoms with van der Waals surface area (Å²) in [6, 6.07) is 4.93. The molecule has 1 amide bonds. The molecule has 0 aliphatic heterocycles. The second-order valence-corrected chi connectivity index (χ2v) is 9.47. The van der Waals surface area contributed by atoms with E-state index in [0.717, 1.165) is 6.07 Å². The minimum atomic E-state index is -4.77. The third kappa shape index (κ3) is 5.27. The molecule has 1 unspecified atom stereocenters. The fourth-order valence-corrected chi connectivity index (χ4v) is 2.94. The summed E-state index contributed by atoms with van der Waals surface area (Å²) in [6.07, 6.45) is -5.89. The lowest BCUT2D eigenvalue weighted by Gasteiger charge is -2.41. The number of H-pyrrole nitrogens is 1. The van der Waals surface area contributed by atoms with Crippen molar-refractivity contribution < 1.29 is 27.1 Å². The fraction of sp³-hybridized carbons (Fsp3) is 0.409. The lowest BCUT2D eigenvalue weighted by atomic mass is 9.79. The molecule has 2 heterocycles. The Hall–Kier alpha value is -2.72. The van der Waals surface area contributed by atoms with Crippen molar-refractivity contribution in [1.82, 2.24) is 15.0 Å². The van der Waals surface area contributed by atoms with Gasteiger partial charge in [0.05, 0.1) is 21.7 Å². The van der Waals surface area contributed by atoms with Gasteiger partial charge in [-0.2, -0.15) is 13.2 Å². The van der Waals surface area contributed by atoms with Gasteiger partial charge >= 0.3 is 6.18 Å². The van der Waals surface area contributed by atoms with Crippen molar-refractivity contribution in [2.24, 2.45) is 5.41 Å². The lowest BCUT2D eigenvalue weighted by Crippen LogP contribution is -2.43. The number of aromatic nitrogens is 3.